The van der Waals surface area contributed by atoms with Crippen LogP contribution in [-0.4, -0.2) is 51.7 Å². The van der Waals surface area contributed by atoms with Gasteiger partial charge in [-0.1, -0.05) is 25.6 Å². The molecule has 0 aliphatic carbocycles. The third kappa shape index (κ3) is 5.57. The van der Waals surface area contributed by atoms with E-state index in [0.29, 0.717) is 33.6 Å². The summed E-state index contributed by atoms with van der Waals surface area (Å²) >= 11 is 0. The Labute approximate surface area is 195 Å². The van der Waals surface area contributed by atoms with E-state index in [1.807, 2.05) is 0 Å². The van der Waals surface area contributed by atoms with E-state index in [0.717, 1.165) is 25.9 Å². The number of rotatable bonds is 6. The second kappa shape index (κ2) is 9.97. The van der Waals surface area contributed by atoms with Gasteiger partial charge in [-0.25, -0.2) is 8.42 Å². The van der Waals surface area contributed by atoms with Gasteiger partial charge in [-0.15, -0.1) is 0 Å². The highest BCUT2D eigenvalue weighted by Crippen LogP contribution is 2.30. The van der Waals surface area contributed by atoms with Gasteiger partial charge >= 0.3 is 0 Å². The van der Waals surface area contributed by atoms with Gasteiger partial charge in [-0.05, 0) is 64.2 Å². The lowest BCUT2D eigenvalue weighted by Gasteiger charge is -2.29. The highest BCUT2D eigenvalue weighted by molar-refractivity contribution is 7.90. The first-order valence-corrected chi connectivity index (χ1v) is 12.5. The molecule has 0 atom stereocenters. The normalized spacial score (nSPS) is 15.2. The van der Waals surface area contributed by atoms with Crippen LogP contribution in [0.4, 0.5) is 0 Å². The molecule has 2 aromatic carbocycles. The second-order valence-corrected chi connectivity index (χ2v) is 10.4. The smallest absolute Gasteiger partial charge is 0.255 e. The molecular formula is C25H32N2O5S. The molecule has 8 heteroatoms. The molecule has 1 aromatic heterocycles. The summed E-state index contributed by atoms with van der Waals surface area (Å²) in [5, 5.41) is 3.83. The monoisotopic (exact) mass is 472 g/mol. The Kier molecular flexibility index (Phi) is 7.49. The van der Waals surface area contributed by atoms with Crippen LogP contribution in [0.5, 0.6) is 5.75 Å². The molecule has 178 valence electrons. The lowest BCUT2D eigenvalue weighted by Crippen LogP contribution is -2.43. The zero-order chi connectivity index (χ0) is 22.9. The fourth-order valence-electron chi connectivity index (χ4n) is 4.13. The number of ether oxygens (including phenoxy) is 1. The van der Waals surface area contributed by atoms with Gasteiger partial charge in [0.2, 0.25) is 0 Å². The van der Waals surface area contributed by atoms with Crippen molar-refractivity contribution in [3.05, 3.63) is 59.4 Å². The Morgan fingerprint density at radius 2 is 1.88 bits per heavy atom. The standard InChI is InChI=1S/C24H28N2O5S.CH4/c1-16-23(24(27)25-18-10-12-26(2)13-11-18)20-14-19(8-9-21(20)31-16)30-15-17-6-4-5-7-22(17)32(3,28)29;/h4-9,14,18H,10-13,15H2,1-3H3,(H,25,27);1H4. The van der Waals surface area contributed by atoms with E-state index in [4.69, 9.17) is 9.15 Å². The number of fused-ring (bicyclic) bond motifs is 1. The number of carbonyl (C=O) groups is 1. The zero-order valence-electron chi connectivity index (χ0n) is 18.6. The predicted octanol–water partition coefficient (Wildman–Crippen LogP) is 4.18. The van der Waals surface area contributed by atoms with Crippen molar-refractivity contribution in [3.63, 3.8) is 0 Å². The quantitative estimate of drug-likeness (QED) is 0.579. The van der Waals surface area contributed by atoms with Crippen LogP contribution in [-0.2, 0) is 16.4 Å². The Hall–Kier alpha value is -2.84. The molecule has 0 unspecified atom stereocenters. The van der Waals surface area contributed by atoms with Gasteiger partial charge in [-0.2, -0.15) is 0 Å². The van der Waals surface area contributed by atoms with E-state index in [1.54, 1.807) is 49.4 Å². The number of aryl methyl sites for hydroxylation is 1. The van der Waals surface area contributed by atoms with Crippen LogP contribution in [0.15, 0.2) is 51.8 Å². The highest BCUT2D eigenvalue weighted by atomic mass is 32.2. The zero-order valence-corrected chi connectivity index (χ0v) is 19.4. The van der Waals surface area contributed by atoms with Crippen molar-refractivity contribution in [2.75, 3.05) is 26.4 Å². The molecule has 1 amide bonds. The highest BCUT2D eigenvalue weighted by Gasteiger charge is 2.24. The van der Waals surface area contributed by atoms with Crippen LogP contribution in [0.3, 0.4) is 0 Å². The summed E-state index contributed by atoms with van der Waals surface area (Å²) in [6, 6.07) is 12.2. The summed E-state index contributed by atoms with van der Waals surface area (Å²) in [6.07, 6.45) is 3.03. The van der Waals surface area contributed by atoms with Gasteiger partial charge in [0.15, 0.2) is 9.84 Å². The molecule has 33 heavy (non-hydrogen) atoms. The number of benzene rings is 2. The van der Waals surface area contributed by atoms with E-state index < -0.39 is 9.84 Å². The summed E-state index contributed by atoms with van der Waals surface area (Å²) in [5.74, 6) is 0.954. The minimum absolute atomic E-state index is 0. The lowest BCUT2D eigenvalue weighted by atomic mass is 10.0. The van der Waals surface area contributed by atoms with Gasteiger partial charge in [-0.3, -0.25) is 4.79 Å². The molecule has 4 rings (SSSR count). The average Bonchev–Trinajstić information content (AvgIpc) is 3.08. The maximum Gasteiger partial charge on any atom is 0.255 e. The van der Waals surface area contributed by atoms with Crippen LogP contribution < -0.4 is 10.1 Å². The van der Waals surface area contributed by atoms with Crippen molar-refractivity contribution in [2.24, 2.45) is 0 Å². The number of sulfone groups is 1. The molecule has 1 N–H and O–H groups in total. The van der Waals surface area contributed by atoms with E-state index in [2.05, 4.69) is 17.3 Å². The summed E-state index contributed by atoms with van der Waals surface area (Å²) in [7, 11) is -1.27. The molecule has 0 radical (unpaired) electrons. The number of hydrogen-bond donors (Lipinski definition) is 1. The number of nitrogens with one attached hydrogen (secondary N) is 1. The number of amides is 1. The second-order valence-electron chi connectivity index (χ2n) is 8.41. The fraction of sp³-hybridized carbons (Fsp3) is 0.400. The first kappa shape index (κ1) is 24.8. The third-order valence-electron chi connectivity index (χ3n) is 5.88. The van der Waals surface area contributed by atoms with Crippen LogP contribution >= 0.6 is 0 Å². The van der Waals surface area contributed by atoms with E-state index in [-0.39, 0.29) is 30.9 Å². The van der Waals surface area contributed by atoms with Crippen LogP contribution in [0.2, 0.25) is 0 Å². The van der Waals surface area contributed by atoms with E-state index >= 15 is 0 Å². The Morgan fingerprint density at radius 1 is 1.18 bits per heavy atom. The van der Waals surface area contributed by atoms with E-state index in [9.17, 15) is 13.2 Å². The molecular weight excluding hydrogens is 440 g/mol. The number of carbonyl (C=O) groups excluding carboxylic acids is 1. The van der Waals surface area contributed by atoms with Crippen LogP contribution in [0.25, 0.3) is 11.0 Å². The molecule has 7 nitrogen and oxygen atoms in total. The van der Waals surface area contributed by atoms with Gasteiger partial charge in [0, 0.05) is 23.2 Å². The molecule has 2 heterocycles. The van der Waals surface area contributed by atoms with Gasteiger partial charge in [0.05, 0.1) is 10.5 Å². The summed E-state index contributed by atoms with van der Waals surface area (Å²) < 4.78 is 35.8. The SMILES string of the molecule is C.Cc1oc2ccc(OCc3ccccc3S(C)(=O)=O)cc2c1C(=O)NC1CCN(C)CC1. The Morgan fingerprint density at radius 3 is 2.58 bits per heavy atom. The fourth-order valence-corrected chi connectivity index (χ4v) is 5.06. The molecule has 0 saturated carbocycles. The molecule has 1 aliphatic rings. The summed E-state index contributed by atoms with van der Waals surface area (Å²) in [6.45, 7) is 3.81. The van der Waals surface area contributed by atoms with Crippen molar-refractivity contribution in [1.82, 2.24) is 10.2 Å². The third-order valence-corrected chi connectivity index (χ3v) is 7.08. The summed E-state index contributed by atoms with van der Waals surface area (Å²) in [4.78, 5) is 15.5. The molecule has 1 aliphatic heterocycles. The molecule has 0 bridgehead atoms. The molecule has 1 fully saturated rings. The first-order chi connectivity index (χ1) is 15.2. The topological polar surface area (TPSA) is 88.8 Å². The maximum atomic E-state index is 13.0. The van der Waals surface area contributed by atoms with Crippen molar-refractivity contribution in [2.45, 2.75) is 44.7 Å². The Bertz CT molecular complexity index is 1240. The van der Waals surface area contributed by atoms with Crippen molar-refractivity contribution < 1.29 is 22.4 Å². The molecule has 1 saturated heterocycles. The largest absolute Gasteiger partial charge is 0.489 e. The molecule has 0 spiro atoms. The number of nitrogens with zero attached hydrogens (tertiary/aromatic N) is 1. The minimum atomic E-state index is -3.36. The number of furan rings is 1. The van der Waals surface area contributed by atoms with Gasteiger partial charge < -0.3 is 19.4 Å². The van der Waals surface area contributed by atoms with Crippen molar-refractivity contribution >= 4 is 26.7 Å². The first-order valence-electron chi connectivity index (χ1n) is 10.7. The lowest BCUT2D eigenvalue weighted by molar-refractivity contribution is 0.0917. The van der Waals surface area contributed by atoms with Crippen LogP contribution in [0.1, 0.15) is 41.9 Å². The summed E-state index contributed by atoms with van der Waals surface area (Å²) in [5.41, 5.74) is 1.71. The number of hydrogen-bond acceptors (Lipinski definition) is 6. The maximum absolute atomic E-state index is 13.0. The van der Waals surface area contributed by atoms with Crippen LogP contribution in [0, 0.1) is 6.92 Å². The average molecular weight is 473 g/mol. The van der Waals surface area contributed by atoms with Crippen molar-refractivity contribution in [3.8, 4) is 5.75 Å². The molecule has 3 aromatic rings. The van der Waals surface area contributed by atoms with Gasteiger partial charge in [0.25, 0.3) is 5.91 Å². The minimum Gasteiger partial charge on any atom is -0.489 e. The Balaban J connectivity index is 0.00000306. The number of piperidine rings is 1. The van der Waals surface area contributed by atoms with E-state index in [1.165, 1.54) is 6.26 Å². The number of likely N-dealkylation sites (tertiary alicyclic amines) is 1. The predicted molar refractivity (Wildman–Crippen MR) is 130 cm³/mol. The van der Waals surface area contributed by atoms with Crippen molar-refractivity contribution in [1.29, 1.82) is 0 Å². The van der Waals surface area contributed by atoms with Gasteiger partial charge in [0.1, 0.15) is 23.7 Å².